The van der Waals surface area contributed by atoms with Gasteiger partial charge in [-0.3, -0.25) is 0 Å². The van der Waals surface area contributed by atoms with Gasteiger partial charge in [-0.25, -0.2) is 0 Å². The van der Waals surface area contributed by atoms with Crippen LogP contribution in [0.15, 0.2) is 36.5 Å². The van der Waals surface area contributed by atoms with Gasteiger partial charge in [-0.15, -0.1) is 0 Å². The topological polar surface area (TPSA) is 12.0 Å². The monoisotopic (exact) mass is 175 g/mol. The van der Waals surface area contributed by atoms with Gasteiger partial charge in [0.15, 0.2) is 0 Å². The maximum atomic E-state index is 3.51. The fourth-order valence-corrected chi connectivity index (χ4v) is 2.24. The lowest BCUT2D eigenvalue weighted by molar-refractivity contribution is 0.370. The van der Waals surface area contributed by atoms with Crippen LogP contribution in [0.4, 0.5) is 0 Å². The van der Waals surface area contributed by atoms with Crippen molar-refractivity contribution in [1.29, 1.82) is 0 Å². The van der Waals surface area contributed by atoms with Crippen molar-refractivity contribution in [1.82, 2.24) is 5.32 Å². The van der Waals surface area contributed by atoms with E-state index in [2.05, 4.69) is 48.7 Å². The van der Waals surface area contributed by atoms with Crippen molar-refractivity contribution < 1.29 is 0 Å². The van der Waals surface area contributed by atoms with Crippen molar-refractivity contribution in [2.24, 2.45) is 11.8 Å². The lowest BCUT2D eigenvalue weighted by atomic mass is 9.77. The minimum atomic E-state index is 0.546. The third-order valence-corrected chi connectivity index (χ3v) is 2.90. The van der Waals surface area contributed by atoms with E-state index < -0.39 is 0 Å². The van der Waals surface area contributed by atoms with Crippen LogP contribution in [0.5, 0.6) is 0 Å². The van der Waals surface area contributed by atoms with Crippen LogP contribution in [0.2, 0.25) is 0 Å². The fraction of sp³-hybridized carbons (Fsp3) is 0.500. The van der Waals surface area contributed by atoms with Gasteiger partial charge in [0.2, 0.25) is 0 Å². The van der Waals surface area contributed by atoms with Crippen LogP contribution in [-0.4, -0.2) is 12.6 Å². The number of hydrogen-bond donors (Lipinski definition) is 1. The molecular formula is C12H17N. The first-order valence-electron chi connectivity index (χ1n) is 5.17. The Morgan fingerprint density at radius 1 is 1.23 bits per heavy atom. The van der Waals surface area contributed by atoms with E-state index >= 15 is 0 Å². The molecule has 0 aromatic rings. The summed E-state index contributed by atoms with van der Waals surface area (Å²) in [7, 11) is 0. The van der Waals surface area contributed by atoms with Gasteiger partial charge >= 0.3 is 0 Å². The third-order valence-electron chi connectivity index (χ3n) is 2.90. The number of hydrogen-bond acceptors (Lipinski definition) is 1. The molecule has 70 valence electrons. The van der Waals surface area contributed by atoms with Gasteiger partial charge < -0.3 is 5.32 Å². The molecule has 2 aliphatic rings. The van der Waals surface area contributed by atoms with E-state index in [1.807, 2.05) is 0 Å². The van der Waals surface area contributed by atoms with Gasteiger partial charge in [0.05, 0.1) is 0 Å². The van der Waals surface area contributed by atoms with Gasteiger partial charge in [-0.2, -0.15) is 0 Å². The summed E-state index contributed by atoms with van der Waals surface area (Å²) in [6, 6.07) is 0.546. The lowest BCUT2D eigenvalue weighted by Crippen LogP contribution is -2.39. The molecule has 0 aromatic heterocycles. The van der Waals surface area contributed by atoms with E-state index in [0.29, 0.717) is 12.0 Å². The van der Waals surface area contributed by atoms with E-state index in [0.717, 1.165) is 12.5 Å². The number of nitrogens with one attached hydrogen (secondary N) is 1. The van der Waals surface area contributed by atoms with Crippen LogP contribution in [-0.2, 0) is 0 Å². The van der Waals surface area contributed by atoms with E-state index in [1.165, 1.54) is 6.42 Å². The maximum absolute atomic E-state index is 3.51. The Labute approximate surface area is 80.2 Å². The van der Waals surface area contributed by atoms with Crippen LogP contribution in [0, 0.1) is 11.8 Å². The first kappa shape index (κ1) is 8.76. The summed E-state index contributed by atoms with van der Waals surface area (Å²) in [5, 5.41) is 3.51. The second-order valence-electron chi connectivity index (χ2n) is 3.76. The molecule has 0 bridgehead atoms. The van der Waals surface area contributed by atoms with Crippen molar-refractivity contribution in [3.8, 4) is 0 Å². The van der Waals surface area contributed by atoms with Gasteiger partial charge in [-0.05, 0) is 18.9 Å². The smallest absolute Gasteiger partial charge is 0.0318 e. The second kappa shape index (κ2) is 3.93. The van der Waals surface area contributed by atoms with Crippen LogP contribution < -0.4 is 5.32 Å². The number of likely N-dealkylation sites (N-methyl/N-ethyl adjacent to an activating group) is 1. The van der Waals surface area contributed by atoms with Crippen LogP contribution in [0.1, 0.15) is 13.3 Å². The predicted molar refractivity (Wildman–Crippen MR) is 56.5 cm³/mol. The Hall–Kier alpha value is -0.820. The Morgan fingerprint density at radius 3 is 2.92 bits per heavy atom. The van der Waals surface area contributed by atoms with E-state index in [9.17, 15) is 0 Å². The SMILES string of the molecule is CCN[C@@H]1C=CCC2C=CC=CC21. The summed E-state index contributed by atoms with van der Waals surface area (Å²) in [5.41, 5.74) is 0. The molecule has 0 aromatic carbocycles. The normalized spacial score (nSPS) is 36.2. The zero-order chi connectivity index (χ0) is 9.10. The summed E-state index contributed by atoms with van der Waals surface area (Å²) in [5.74, 6) is 1.40. The molecule has 0 fully saturated rings. The molecule has 13 heavy (non-hydrogen) atoms. The average Bonchev–Trinajstić information content (AvgIpc) is 2.19. The predicted octanol–water partition coefficient (Wildman–Crippen LogP) is 2.28. The number of fused-ring (bicyclic) bond motifs is 1. The quantitative estimate of drug-likeness (QED) is 0.635. The van der Waals surface area contributed by atoms with E-state index in [1.54, 1.807) is 0 Å². The summed E-state index contributed by atoms with van der Waals surface area (Å²) < 4.78 is 0. The molecular weight excluding hydrogens is 158 g/mol. The summed E-state index contributed by atoms with van der Waals surface area (Å²) >= 11 is 0. The van der Waals surface area contributed by atoms with Crippen molar-refractivity contribution >= 4 is 0 Å². The molecule has 2 aliphatic carbocycles. The largest absolute Gasteiger partial charge is 0.310 e. The number of allylic oxidation sites excluding steroid dienone is 4. The molecule has 1 N–H and O–H groups in total. The van der Waals surface area contributed by atoms with Crippen molar-refractivity contribution in [2.45, 2.75) is 19.4 Å². The highest BCUT2D eigenvalue weighted by Crippen LogP contribution is 2.30. The van der Waals surface area contributed by atoms with Crippen molar-refractivity contribution in [3.63, 3.8) is 0 Å². The molecule has 2 rings (SSSR count). The Kier molecular flexibility index (Phi) is 2.65. The molecule has 1 heteroatoms. The van der Waals surface area contributed by atoms with Crippen molar-refractivity contribution in [2.75, 3.05) is 6.54 Å². The Morgan fingerprint density at radius 2 is 2.08 bits per heavy atom. The van der Waals surface area contributed by atoms with Crippen LogP contribution in [0.25, 0.3) is 0 Å². The molecule has 0 amide bonds. The maximum Gasteiger partial charge on any atom is 0.0318 e. The van der Waals surface area contributed by atoms with Crippen molar-refractivity contribution in [3.05, 3.63) is 36.5 Å². The third kappa shape index (κ3) is 1.75. The fourth-order valence-electron chi connectivity index (χ4n) is 2.24. The molecule has 1 nitrogen and oxygen atoms in total. The Bertz CT molecular complexity index is 250. The van der Waals surface area contributed by atoms with Crippen LogP contribution >= 0.6 is 0 Å². The first-order valence-corrected chi connectivity index (χ1v) is 5.17. The molecule has 0 aliphatic heterocycles. The molecule has 0 saturated carbocycles. The minimum Gasteiger partial charge on any atom is -0.310 e. The molecule has 0 radical (unpaired) electrons. The molecule has 0 saturated heterocycles. The summed E-state index contributed by atoms with van der Waals surface area (Å²) in [4.78, 5) is 0. The molecule has 0 spiro atoms. The molecule has 2 unspecified atom stereocenters. The van der Waals surface area contributed by atoms with Gasteiger partial charge in [0.1, 0.15) is 0 Å². The number of rotatable bonds is 2. The van der Waals surface area contributed by atoms with E-state index in [4.69, 9.17) is 0 Å². The minimum absolute atomic E-state index is 0.546. The average molecular weight is 175 g/mol. The zero-order valence-corrected chi connectivity index (χ0v) is 8.11. The van der Waals surface area contributed by atoms with Crippen LogP contribution in [0.3, 0.4) is 0 Å². The molecule has 3 atom stereocenters. The summed E-state index contributed by atoms with van der Waals surface area (Å²) in [6.45, 7) is 3.22. The zero-order valence-electron chi connectivity index (χ0n) is 8.11. The van der Waals surface area contributed by atoms with Gasteiger partial charge in [0, 0.05) is 12.0 Å². The first-order chi connectivity index (χ1) is 6.42. The lowest BCUT2D eigenvalue weighted by Gasteiger charge is -2.33. The standard InChI is InChI=1S/C12H17N/c1-2-13-12-9-5-7-10-6-3-4-8-11(10)12/h3-6,8-13H,2,7H2,1H3/t10?,11?,12-/m1/s1. The second-order valence-corrected chi connectivity index (χ2v) is 3.76. The van der Waals surface area contributed by atoms with Gasteiger partial charge in [-0.1, -0.05) is 43.4 Å². The highest BCUT2D eigenvalue weighted by atomic mass is 14.9. The summed E-state index contributed by atoms with van der Waals surface area (Å²) in [6.07, 6.45) is 14.8. The van der Waals surface area contributed by atoms with E-state index in [-0.39, 0.29) is 0 Å². The Balaban J connectivity index is 2.12. The highest BCUT2D eigenvalue weighted by molar-refractivity contribution is 5.22. The van der Waals surface area contributed by atoms with Gasteiger partial charge in [0.25, 0.3) is 0 Å². The molecule has 0 heterocycles. The highest BCUT2D eigenvalue weighted by Gasteiger charge is 2.26.